The molecule has 0 radical (unpaired) electrons. The zero-order valence-corrected chi connectivity index (χ0v) is 21.0. The van der Waals surface area contributed by atoms with E-state index < -0.39 is 17.6 Å². The molecule has 0 bridgehead atoms. The van der Waals surface area contributed by atoms with Gasteiger partial charge in [0.1, 0.15) is 5.82 Å². The first-order valence-electron chi connectivity index (χ1n) is 12.6. The Bertz CT molecular complexity index is 1540. The number of hydrogen-bond donors (Lipinski definition) is 1. The Labute approximate surface area is 222 Å². The maximum atomic E-state index is 14.8. The smallest absolute Gasteiger partial charge is 0.404 e. The molecule has 4 aromatic rings. The highest BCUT2D eigenvalue weighted by Crippen LogP contribution is 2.36. The summed E-state index contributed by atoms with van der Waals surface area (Å²) in [5, 5.41) is 0.644. The van der Waals surface area contributed by atoms with Gasteiger partial charge in [0.2, 0.25) is 0 Å². The molecule has 1 saturated heterocycles. The van der Waals surface area contributed by atoms with Crippen molar-refractivity contribution in [2.24, 2.45) is 10.7 Å². The second kappa shape index (κ2) is 11.3. The molecule has 39 heavy (non-hydrogen) atoms. The van der Waals surface area contributed by atoms with Crippen LogP contribution in [-0.4, -0.2) is 52.2 Å². The third kappa shape index (κ3) is 5.96. The zero-order valence-electron chi connectivity index (χ0n) is 21.0. The largest absolute Gasteiger partial charge is 0.416 e. The Morgan fingerprint density at radius 2 is 1.87 bits per heavy atom. The van der Waals surface area contributed by atoms with Gasteiger partial charge in [0.25, 0.3) is 0 Å². The molecule has 0 aliphatic carbocycles. The number of fused-ring (bicyclic) bond motifs is 1. The van der Waals surface area contributed by atoms with Crippen molar-refractivity contribution in [1.82, 2.24) is 19.9 Å². The molecule has 1 aliphatic heterocycles. The molecule has 0 amide bonds. The lowest BCUT2D eigenvalue weighted by molar-refractivity contribution is -0.137. The maximum absolute atomic E-state index is 14.8. The van der Waals surface area contributed by atoms with E-state index in [1.54, 1.807) is 36.8 Å². The third-order valence-electron chi connectivity index (χ3n) is 6.69. The van der Waals surface area contributed by atoms with Crippen molar-refractivity contribution in [3.8, 4) is 22.4 Å². The van der Waals surface area contributed by atoms with Gasteiger partial charge in [0.05, 0.1) is 17.8 Å². The van der Waals surface area contributed by atoms with Crippen LogP contribution in [0.5, 0.6) is 0 Å². The first-order valence-corrected chi connectivity index (χ1v) is 12.6. The van der Waals surface area contributed by atoms with Gasteiger partial charge in [0.15, 0.2) is 5.65 Å². The van der Waals surface area contributed by atoms with E-state index in [-0.39, 0.29) is 16.9 Å². The van der Waals surface area contributed by atoms with Gasteiger partial charge in [-0.05, 0) is 74.0 Å². The number of nitrogens with two attached hydrogens (primary N) is 1. The molecular formula is C29H26F4N6. The van der Waals surface area contributed by atoms with Crippen LogP contribution in [-0.2, 0) is 6.18 Å². The van der Waals surface area contributed by atoms with Gasteiger partial charge in [-0.1, -0.05) is 0 Å². The van der Waals surface area contributed by atoms with Crippen molar-refractivity contribution in [1.29, 1.82) is 0 Å². The normalized spacial score (nSPS) is 15.0. The number of aliphatic imine (C=N–C) groups is 1. The average Bonchev–Trinajstić information content (AvgIpc) is 3.46. The Morgan fingerprint density at radius 1 is 1.05 bits per heavy atom. The van der Waals surface area contributed by atoms with E-state index in [0.29, 0.717) is 40.3 Å². The first kappa shape index (κ1) is 26.4. The van der Waals surface area contributed by atoms with Gasteiger partial charge in [-0.15, -0.1) is 0 Å². The maximum Gasteiger partial charge on any atom is 0.416 e. The summed E-state index contributed by atoms with van der Waals surface area (Å²) in [6.07, 6.45) is 5.78. The predicted molar refractivity (Wildman–Crippen MR) is 144 cm³/mol. The van der Waals surface area contributed by atoms with Crippen LogP contribution in [0.2, 0.25) is 0 Å². The van der Waals surface area contributed by atoms with Crippen molar-refractivity contribution in [3.63, 3.8) is 0 Å². The molecule has 10 heteroatoms. The molecule has 5 rings (SSSR count). The molecule has 1 aromatic carbocycles. The van der Waals surface area contributed by atoms with Gasteiger partial charge in [-0.3, -0.25) is 9.98 Å². The summed E-state index contributed by atoms with van der Waals surface area (Å²) < 4.78 is 54.9. The Hall–Kier alpha value is -4.18. The number of benzene rings is 1. The Kier molecular flexibility index (Phi) is 7.65. The standard InChI is InChI=1S/C29H26F4N6/c30-26-6-5-22(29(31,32)33)13-25(26)27-14-24(23-4-3-7-37-28(23)38-27)20-12-19(16-36-17-20)21(15-34)18-35-8-11-39-9-1-2-10-39/h3-7,12-18H,1-2,8-11,34H2. The van der Waals surface area contributed by atoms with E-state index in [1.807, 2.05) is 6.07 Å². The van der Waals surface area contributed by atoms with Crippen LogP contribution < -0.4 is 5.73 Å². The summed E-state index contributed by atoms with van der Waals surface area (Å²) in [6.45, 7) is 3.74. The van der Waals surface area contributed by atoms with Crippen molar-refractivity contribution >= 4 is 22.8 Å². The van der Waals surface area contributed by atoms with Crippen molar-refractivity contribution < 1.29 is 17.6 Å². The van der Waals surface area contributed by atoms with Gasteiger partial charge in [-0.25, -0.2) is 14.4 Å². The van der Waals surface area contributed by atoms with Gasteiger partial charge in [0, 0.05) is 65.2 Å². The fraction of sp³-hybridized carbons (Fsp3) is 0.241. The van der Waals surface area contributed by atoms with Crippen molar-refractivity contribution in [3.05, 3.63) is 84.2 Å². The molecule has 6 nitrogen and oxygen atoms in total. The quantitative estimate of drug-likeness (QED) is 0.233. The summed E-state index contributed by atoms with van der Waals surface area (Å²) >= 11 is 0. The number of alkyl halides is 3. The topological polar surface area (TPSA) is 80.3 Å². The number of aromatic nitrogens is 3. The molecule has 4 heterocycles. The fourth-order valence-corrected chi connectivity index (χ4v) is 4.66. The van der Waals surface area contributed by atoms with Crippen LogP contribution in [0.1, 0.15) is 24.0 Å². The number of rotatable bonds is 7. The summed E-state index contributed by atoms with van der Waals surface area (Å²) in [6, 6.07) is 9.20. The van der Waals surface area contributed by atoms with E-state index in [0.717, 1.165) is 31.8 Å². The highest BCUT2D eigenvalue weighted by molar-refractivity contribution is 6.10. The summed E-state index contributed by atoms with van der Waals surface area (Å²) in [4.78, 5) is 19.9. The van der Waals surface area contributed by atoms with Crippen LogP contribution >= 0.6 is 0 Å². The van der Waals surface area contributed by atoms with Gasteiger partial charge < -0.3 is 10.6 Å². The van der Waals surface area contributed by atoms with E-state index >= 15 is 0 Å². The van der Waals surface area contributed by atoms with Crippen LogP contribution in [0, 0.1) is 5.82 Å². The number of pyridine rings is 3. The lowest BCUT2D eigenvalue weighted by Gasteiger charge is -2.13. The van der Waals surface area contributed by atoms with E-state index in [9.17, 15) is 17.6 Å². The van der Waals surface area contributed by atoms with Crippen molar-refractivity contribution in [2.75, 3.05) is 26.2 Å². The number of hydrogen-bond acceptors (Lipinski definition) is 6. The molecule has 0 saturated carbocycles. The van der Waals surface area contributed by atoms with Gasteiger partial charge >= 0.3 is 6.18 Å². The number of nitrogens with zero attached hydrogens (tertiary/aromatic N) is 5. The highest BCUT2D eigenvalue weighted by atomic mass is 19.4. The minimum atomic E-state index is -4.63. The molecular weight excluding hydrogens is 508 g/mol. The molecule has 0 atom stereocenters. The third-order valence-corrected chi connectivity index (χ3v) is 6.69. The molecule has 2 N–H and O–H groups in total. The van der Waals surface area contributed by atoms with E-state index in [2.05, 4.69) is 24.8 Å². The summed E-state index contributed by atoms with van der Waals surface area (Å²) in [7, 11) is 0. The summed E-state index contributed by atoms with van der Waals surface area (Å²) in [5.41, 5.74) is 7.60. The Balaban J connectivity index is 1.52. The molecule has 3 aromatic heterocycles. The fourth-order valence-electron chi connectivity index (χ4n) is 4.66. The van der Waals surface area contributed by atoms with Crippen LogP contribution in [0.25, 0.3) is 39.0 Å². The second-order valence-electron chi connectivity index (χ2n) is 9.29. The van der Waals surface area contributed by atoms with Crippen LogP contribution in [0.4, 0.5) is 17.6 Å². The number of likely N-dealkylation sites (tertiary alicyclic amines) is 1. The minimum absolute atomic E-state index is 0.0308. The summed E-state index contributed by atoms with van der Waals surface area (Å²) in [5.74, 6) is -0.817. The van der Waals surface area contributed by atoms with Crippen molar-refractivity contribution in [2.45, 2.75) is 19.0 Å². The Morgan fingerprint density at radius 3 is 2.64 bits per heavy atom. The first-order chi connectivity index (χ1) is 18.8. The molecule has 0 spiro atoms. The molecule has 0 unspecified atom stereocenters. The second-order valence-corrected chi connectivity index (χ2v) is 9.29. The zero-order chi connectivity index (χ0) is 27.4. The lowest BCUT2D eigenvalue weighted by atomic mass is 9.98. The monoisotopic (exact) mass is 534 g/mol. The lowest BCUT2D eigenvalue weighted by Crippen LogP contribution is -2.22. The molecule has 1 fully saturated rings. The minimum Gasteiger partial charge on any atom is -0.404 e. The highest BCUT2D eigenvalue weighted by Gasteiger charge is 2.31. The predicted octanol–water partition coefficient (Wildman–Crippen LogP) is 5.98. The van der Waals surface area contributed by atoms with Crippen LogP contribution in [0.3, 0.4) is 0 Å². The van der Waals surface area contributed by atoms with Gasteiger partial charge in [-0.2, -0.15) is 13.2 Å². The molecule has 1 aliphatic rings. The van der Waals surface area contributed by atoms with E-state index in [4.69, 9.17) is 5.73 Å². The SMILES string of the molecule is NC=C(C=NCCN1CCCC1)c1cncc(-c2cc(-c3cc(C(F)(F)F)ccc3F)nc3ncccc23)c1. The number of halogens is 4. The van der Waals surface area contributed by atoms with E-state index in [1.165, 1.54) is 25.2 Å². The van der Waals surface area contributed by atoms with Crippen LogP contribution in [0.15, 0.2) is 72.2 Å². The number of allylic oxidation sites excluding steroid dienone is 1. The average molecular weight is 535 g/mol. The molecule has 200 valence electrons.